The number of aromatic nitrogens is 4. The Hall–Kier alpha value is -4.74. The number of nitrogens with one attached hydrogen (secondary N) is 2. The van der Waals surface area contributed by atoms with Gasteiger partial charge in [-0.1, -0.05) is 41.4 Å². The molecule has 13 heteroatoms. The van der Waals surface area contributed by atoms with E-state index in [-0.39, 0.29) is 34.6 Å². The lowest BCUT2D eigenvalue weighted by atomic mass is 9.96. The first-order valence-corrected chi connectivity index (χ1v) is 13.8. The van der Waals surface area contributed by atoms with Gasteiger partial charge in [-0.25, -0.2) is 19.3 Å². The summed E-state index contributed by atoms with van der Waals surface area (Å²) in [5.41, 5.74) is 3.19. The highest BCUT2D eigenvalue weighted by Crippen LogP contribution is 2.35. The number of benzene rings is 2. The van der Waals surface area contributed by atoms with Crippen LogP contribution in [-0.4, -0.2) is 66.5 Å². The largest absolute Gasteiger partial charge is 0.480 e. The van der Waals surface area contributed by atoms with Gasteiger partial charge >= 0.3 is 5.97 Å². The molecule has 0 bridgehead atoms. The van der Waals surface area contributed by atoms with E-state index >= 15 is 0 Å². The number of para-hydroxylation sites is 1. The lowest BCUT2D eigenvalue weighted by molar-refractivity contribution is -0.138. The summed E-state index contributed by atoms with van der Waals surface area (Å²) < 4.78 is 1.64. The number of rotatable bonds is 7. The average molecular weight is 604 g/mol. The molecule has 212 valence electrons. The van der Waals surface area contributed by atoms with E-state index < -0.39 is 17.9 Å². The maximum Gasteiger partial charge on any atom is 0.328 e. The number of carboxylic acids is 1. The van der Waals surface area contributed by atoms with E-state index in [9.17, 15) is 19.5 Å². The second-order valence-electron chi connectivity index (χ2n) is 9.75. The predicted molar refractivity (Wildman–Crippen MR) is 157 cm³/mol. The Bertz CT molecular complexity index is 1840. The molecule has 5 aromatic rings. The molecule has 0 saturated carbocycles. The van der Waals surface area contributed by atoms with Gasteiger partial charge in [0.1, 0.15) is 18.2 Å². The summed E-state index contributed by atoms with van der Waals surface area (Å²) in [5.74, 6) is -1.77. The molecule has 0 aliphatic carbocycles. The third-order valence-electron chi connectivity index (χ3n) is 7.13. The molecule has 1 aliphatic rings. The van der Waals surface area contributed by atoms with Gasteiger partial charge < -0.3 is 20.6 Å². The average Bonchev–Trinajstić information content (AvgIpc) is 3.43. The van der Waals surface area contributed by atoms with Gasteiger partial charge in [0, 0.05) is 31.2 Å². The molecule has 1 atom stereocenters. The van der Waals surface area contributed by atoms with Crippen LogP contribution in [0.4, 0.5) is 5.82 Å². The van der Waals surface area contributed by atoms with Crippen LogP contribution < -0.4 is 10.6 Å². The minimum absolute atomic E-state index is 0.0176. The third kappa shape index (κ3) is 5.19. The number of pyridine rings is 1. The van der Waals surface area contributed by atoms with Crippen LogP contribution in [0.25, 0.3) is 16.4 Å². The fourth-order valence-electron chi connectivity index (χ4n) is 5.01. The number of nitrogens with zero attached hydrogens (tertiary/aromatic N) is 5. The van der Waals surface area contributed by atoms with E-state index in [0.29, 0.717) is 46.5 Å². The van der Waals surface area contributed by atoms with Crippen molar-refractivity contribution in [3.63, 3.8) is 0 Å². The number of carbonyl (C=O) groups is 3. The Labute approximate surface area is 249 Å². The SMILES string of the molecule is O=C(NC(CNc1ncnc2ccccc12)C(=O)O)c1c(Cl)cc2c(c1Cl)CCN(C(=O)c1cc3ccccn3n1)C2. The Morgan fingerprint density at radius 1 is 1.05 bits per heavy atom. The third-order valence-corrected chi connectivity index (χ3v) is 7.84. The van der Waals surface area contributed by atoms with E-state index in [1.54, 1.807) is 27.7 Å². The standard InChI is InChI=1S/C29H23Cl2N7O4/c30-20-11-16-14-37(28(40)22-12-17-5-3-4-9-38(17)36-22)10-8-18(16)25(31)24(20)27(39)35-23(29(41)42)13-32-26-19-6-1-2-7-21(19)33-15-34-26/h1-7,9,11-12,15,23H,8,10,13-14H2,(H,35,39)(H,41,42)(H,32,33,34). The monoisotopic (exact) mass is 603 g/mol. The summed E-state index contributed by atoms with van der Waals surface area (Å²) in [6, 6.07) is 14.9. The first kappa shape index (κ1) is 27.4. The van der Waals surface area contributed by atoms with Crippen LogP contribution in [0.1, 0.15) is 32.0 Å². The fourth-order valence-corrected chi connectivity index (χ4v) is 5.78. The van der Waals surface area contributed by atoms with Crippen LogP contribution in [-0.2, 0) is 17.8 Å². The smallest absolute Gasteiger partial charge is 0.328 e. The van der Waals surface area contributed by atoms with E-state index in [1.165, 1.54) is 6.33 Å². The number of aliphatic carboxylic acids is 1. The number of carbonyl (C=O) groups excluding carboxylic acids is 2. The summed E-state index contributed by atoms with van der Waals surface area (Å²) in [4.78, 5) is 48.6. The highest BCUT2D eigenvalue weighted by atomic mass is 35.5. The van der Waals surface area contributed by atoms with E-state index in [1.807, 2.05) is 42.5 Å². The quantitative estimate of drug-likeness (QED) is 0.253. The van der Waals surface area contributed by atoms with Crippen LogP contribution in [0.15, 0.2) is 67.1 Å². The molecule has 3 aromatic heterocycles. The van der Waals surface area contributed by atoms with E-state index in [4.69, 9.17) is 23.2 Å². The zero-order valence-electron chi connectivity index (χ0n) is 21.9. The van der Waals surface area contributed by atoms with Gasteiger partial charge in [-0.15, -0.1) is 0 Å². The van der Waals surface area contributed by atoms with Gasteiger partial charge in [-0.3, -0.25) is 9.59 Å². The van der Waals surface area contributed by atoms with Crippen molar-refractivity contribution in [3.05, 3.63) is 99.6 Å². The molecule has 3 N–H and O–H groups in total. The van der Waals surface area contributed by atoms with Crippen LogP contribution in [0, 0.1) is 0 Å². The van der Waals surface area contributed by atoms with Crippen molar-refractivity contribution in [1.29, 1.82) is 0 Å². The van der Waals surface area contributed by atoms with E-state index in [2.05, 4.69) is 25.7 Å². The van der Waals surface area contributed by atoms with Crippen molar-refractivity contribution in [1.82, 2.24) is 29.8 Å². The van der Waals surface area contributed by atoms with E-state index in [0.717, 1.165) is 5.52 Å². The second kappa shape index (κ2) is 11.3. The molecule has 2 amide bonds. The fraction of sp³-hybridized carbons (Fsp3) is 0.172. The Kier molecular flexibility index (Phi) is 7.36. The molecule has 4 heterocycles. The first-order chi connectivity index (χ1) is 20.3. The highest BCUT2D eigenvalue weighted by Gasteiger charge is 2.30. The predicted octanol–water partition coefficient (Wildman–Crippen LogP) is 4.08. The summed E-state index contributed by atoms with van der Waals surface area (Å²) in [5, 5.41) is 20.6. The number of halogens is 2. The lowest BCUT2D eigenvalue weighted by Gasteiger charge is -2.30. The number of fused-ring (bicyclic) bond motifs is 3. The number of hydrogen-bond acceptors (Lipinski definition) is 7. The van der Waals surface area contributed by atoms with Gasteiger partial charge in [0.2, 0.25) is 0 Å². The summed E-state index contributed by atoms with van der Waals surface area (Å²) in [6.07, 6.45) is 3.53. The normalized spacial score (nSPS) is 13.5. The minimum Gasteiger partial charge on any atom is -0.480 e. The summed E-state index contributed by atoms with van der Waals surface area (Å²) >= 11 is 13.2. The van der Waals surface area contributed by atoms with Crippen molar-refractivity contribution in [2.75, 3.05) is 18.4 Å². The zero-order valence-corrected chi connectivity index (χ0v) is 23.4. The molecule has 1 aliphatic heterocycles. The Morgan fingerprint density at radius 2 is 1.86 bits per heavy atom. The Balaban J connectivity index is 1.18. The molecular formula is C29H23Cl2N7O4. The molecule has 1 unspecified atom stereocenters. The molecular weight excluding hydrogens is 581 g/mol. The number of hydrogen-bond donors (Lipinski definition) is 3. The van der Waals surface area contributed by atoms with Gasteiger partial charge in [0.05, 0.1) is 26.6 Å². The van der Waals surface area contributed by atoms with Crippen LogP contribution in [0.2, 0.25) is 10.0 Å². The molecule has 0 fully saturated rings. The molecule has 42 heavy (non-hydrogen) atoms. The molecule has 0 saturated heterocycles. The number of carboxylic acid groups (broad SMARTS) is 1. The van der Waals surface area contributed by atoms with Gasteiger partial charge in [0.15, 0.2) is 5.69 Å². The number of anilines is 1. The molecule has 6 rings (SSSR count). The Morgan fingerprint density at radius 3 is 2.67 bits per heavy atom. The van der Waals surface area contributed by atoms with Crippen molar-refractivity contribution in [3.8, 4) is 0 Å². The zero-order chi connectivity index (χ0) is 29.4. The molecule has 0 radical (unpaired) electrons. The molecule has 2 aromatic carbocycles. The molecule has 11 nitrogen and oxygen atoms in total. The van der Waals surface area contributed by atoms with Crippen LogP contribution in [0.3, 0.4) is 0 Å². The minimum atomic E-state index is -1.31. The van der Waals surface area contributed by atoms with Gasteiger partial charge in [0.25, 0.3) is 11.8 Å². The van der Waals surface area contributed by atoms with Crippen LogP contribution in [0.5, 0.6) is 0 Å². The van der Waals surface area contributed by atoms with Crippen molar-refractivity contribution < 1.29 is 19.5 Å². The maximum absolute atomic E-state index is 13.3. The summed E-state index contributed by atoms with van der Waals surface area (Å²) in [7, 11) is 0. The van der Waals surface area contributed by atoms with Gasteiger partial charge in [-0.05, 0) is 53.9 Å². The summed E-state index contributed by atoms with van der Waals surface area (Å²) in [6.45, 7) is 0.441. The lowest BCUT2D eigenvalue weighted by Crippen LogP contribution is -2.45. The van der Waals surface area contributed by atoms with Crippen LogP contribution >= 0.6 is 23.2 Å². The second-order valence-corrected chi connectivity index (χ2v) is 10.5. The highest BCUT2D eigenvalue weighted by molar-refractivity contribution is 6.40. The van der Waals surface area contributed by atoms with Crippen molar-refractivity contribution in [2.24, 2.45) is 0 Å². The number of amides is 2. The van der Waals surface area contributed by atoms with Crippen molar-refractivity contribution in [2.45, 2.75) is 19.0 Å². The maximum atomic E-state index is 13.3. The topological polar surface area (TPSA) is 142 Å². The van der Waals surface area contributed by atoms with Gasteiger partial charge in [-0.2, -0.15) is 5.10 Å². The first-order valence-electron chi connectivity index (χ1n) is 13.0. The molecule has 0 spiro atoms. The van der Waals surface area contributed by atoms with Crippen molar-refractivity contribution >= 4 is 63.2 Å².